The van der Waals surface area contributed by atoms with Gasteiger partial charge in [0, 0.05) is 12.5 Å². The summed E-state index contributed by atoms with van der Waals surface area (Å²) in [6.45, 7) is 0.892. The second-order valence-corrected chi connectivity index (χ2v) is 7.28. The zero-order valence-corrected chi connectivity index (χ0v) is 15.5. The maximum atomic E-state index is 12.8. The number of carbonyl (C=O) groups is 1. The molecule has 0 saturated heterocycles. The lowest BCUT2D eigenvalue weighted by Crippen LogP contribution is -2.30. The molecule has 2 aliphatic rings. The highest BCUT2D eigenvalue weighted by Gasteiger charge is 2.31. The fourth-order valence-corrected chi connectivity index (χ4v) is 4.52. The van der Waals surface area contributed by atoms with Gasteiger partial charge in [-0.05, 0) is 45.9 Å². The Bertz CT molecular complexity index is 1010. The predicted molar refractivity (Wildman–Crippen MR) is 108 cm³/mol. The van der Waals surface area contributed by atoms with Gasteiger partial charge in [0.05, 0.1) is 12.3 Å². The average Bonchev–Trinajstić information content (AvgIpc) is 3.31. The highest BCUT2D eigenvalue weighted by Crippen LogP contribution is 2.44. The number of fused-ring (bicyclic) bond motifs is 4. The normalized spacial score (nSPS) is 14.5. The van der Waals surface area contributed by atoms with Crippen LogP contribution >= 0.6 is 0 Å². The summed E-state index contributed by atoms with van der Waals surface area (Å²) >= 11 is 0. The average molecular weight is 371 g/mol. The van der Waals surface area contributed by atoms with Crippen LogP contribution in [0.1, 0.15) is 28.2 Å². The molecule has 1 aliphatic carbocycles. The van der Waals surface area contributed by atoms with Crippen LogP contribution < -0.4 is 4.90 Å². The molecule has 3 aromatic rings. The zero-order valence-electron chi connectivity index (χ0n) is 15.5. The van der Waals surface area contributed by atoms with Gasteiger partial charge < -0.3 is 9.84 Å². The van der Waals surface area contributed by atoms with Gasteiger partial charge in [0.25, 0.3) is 0 Å². The van der Waals surface area contributed by atoms with E-state index >= 15 is 0 Å². The Labute approximate surface area is 164 Å². The smallest absolute Gasteiger partial charge is 0.414 e. The highest BCUT2D eigenvalue weighted by molar-refractivity contribution is 5.91. The van der Waals surface area contributed by atoms with E-state index in [0.29, 0.717) is 13.2 Å². The van der Waals surface area contributed by atoms with Gasteiger partial charge in [0.15, 0.2) is 0 Å². The molecule has 1 N–H and O–H groups in total. The van der Waals surface area contributed by atoms with Crippen LogP contribution in [0.5, 0.6) is 0 Å². The van der Waals surface area contributed by atoms with E-state index in [1.165, 1.54) is 22.3 Å². The lowest BCUT2D eigenvalue weighted by atomic mass is 9.98. The number of rotatable bonds is 3. The van der Waals surface area contributed by atoms with Crippen LogP contribution in [0, 0.1) is 0 Å². The first kappa shape index (κ1) is 17.0. The summed E-state index contributed by atoms with van der Waals surface area (Å²) in [6, 6.07) is 22.3. The Kier molecular flexibility index (Phi) is 4.14. The molecule has 0 radical (unpaired) electrons. The maximum Gasteiger partial charge on any atom is 0.414 e. The molecule has 1 amide bonds. The number of benzene rings is 3. The quantitative estimate of drug-likeness (QED) is 0.738. The third-order valence-electron chi connectivity index (χ3n) is 5.85. The van der Waals surface area contributed by atoms with Crippen molar-refractivity contribution in [3.8, 4) is 11.1 Å². The molecule has 5 rings (SSSR count). The molecule has 0 bridgehead atoms. The third kappa shape index (κ3) is 2.60. The second-order valence-electron chi connectivity index (χ2n) is 7.28. The van der Waals surface area contributed by atoms with Crippen LogP contribution in [0.2, 0.25) is 0 Å². The van der Waals surface area contributed by atoms with Gasteiger partial charge in [-0.3, -0.25) is 4.90 Å². The molecule has 140 valence electrons. The van der Waals surface area contributed by atoms with E-state index in [-0.39, 0.29) is 18.6 Å². The van der Waals surface area contributed by atoms with Crippen LogP contribution in [0.4, 0.5) is 10.5 Å². The number of hydrogen-bond donors (Lipinski definition) is 1. The summed E-state index contributed by atoms with van der Waals surface area (Å²) in [5, 5.41) is 9.52. The lowest BCUT2D eigenvalue weighted by Gasteiger charge is -2.20. The van der Waals surface area contributed by atoms with Crippen molar-refractivity contribution in [3.05, 3.63) is 89.0 Å². The number of hydrogen-bond acceptors (Lipinski definition) is 3. The van der Waals surface area contributed by atoms with Gasteiger partial charge >= 0.3 is 6.09 Å². The summed E-state index contributed by atoms with van der Waals surface area (Å²) in [5.74, 6) is 0.0576. The minimum Gasteiger partial charge on any atom is -0.448 e. The summed E-state index contributed by atoms with van der Waals surface area (Å²) < 4.78 is 5.78. The van der Waals surface area contributed by atoms with Crippen molar-refractivity contribution >= 4 is 11.8 Å². The minimum absolute atomic E-state index is 0.0122. The number of carbonyl (C=O) groups excluding carboxylic acids is 1. The molecule has 0 spiro atoms. The molecule has 4 heteroatoms. The number of aliphatic hydroxyl groups is 1. The topological polar surface area (TPSA) is 49.8 Å². The van der Waals surface area contributed by atoms with Crippen molar-refractivity contribution < 1.29 is 14.6 Å². The molecular formula is C24H21NO3. The molecule has 0 saturated carbocycles. The number of aliphatic hydroxyl groups excluding tert-OH is 1. The maximum absolute atomic E-state index is 12.8. The third-order valence-corrected chi connectivity index (χ3v) is 5.85. The van der Waals surface area contributed by atoms with Crippen molar-refractivity contribution in [2.24, 2.45) is 0 Å². The van der Waals surface area contributed by atoms with Gasteiger partial charge in [-0.25, -0.2) is 4.79 Å². The monoisotopic (exact) mass is 371 g/mol. The first-order valence-electron chi connectivity index (χ1n) is 9.62. The largest absolute Gasteiger partial charge is 0.448 e. The van der Waals surface area contributed by atoms with Gasteiger partial charge in [-0.2, -0.15) is 0 Å². The summed E-state index contributed by atoms with van der Waals surface area (Å²) in [5.41, 5.74) is 7.63. The molecule has 0 unspecified atom stereocenters. The molecular weight excluding hydrogens is 350 g/mol. The number of amides is 1. The van der Waals surface area contributed by atoms with E-state index in [4.69, 9.17) is 4.74 Å². The Morgan fingerprint density at radius 2 is 1.64 bits per heavy atom. The number of nitrogens with zero attached hydrogens (tertiary/aromatic N) is 1. The molecule has 3 aromatic carbocycles. The SMILES string of the molecule is O=C(OCC1c2ccccc2-c2ccccc21)N1CCc2c(CO)cccc21. The molecule has 4 nitrogen and oxygen atoms in total. The van der Waals surface area contributed by atoms with Gasteiger partial charge in [-0.1, -0.05) is 60.7 Å². The standard InChI is InChI=1S/C24H21NO3/c26-14-16-6-5-11-23-17(16)12-13-25(23)24(27)28-15-22-20-9-3-1-7-18(20)19-8-2-4-10-21(19)22/h1-11,22,26H,12-15H2. The molecule has 1 aliphatic heterocycles. The van der Waals surface area contributed by atoms with Crippen molar-refractivity contribution in [3.63, 3.8) is 0 Å². The summed E-state index contributed by atoms with van der Waals surface area (Å²) in [7, 11) is 0. The highest BCUT2D eigenvalue weighted by atomic mass is 16.6. The second kappa shape index (κ2) is 6.80. The van der Waals surface area contributed by atoms with Crippen LogP contribution in [-0.4, -0.2) is 24.4 Å². The summed E-state index contributed by atoms with van der Waals surface area (Å²) in [4.78, 5) is 14.5. The van der Waals surface area contributed by atoms with E-state index in [1.54, 1.807) is 4.90 Å². The lowest BCUT2D eigenvalue weighted by molar-refractivity contribution is 0.151. The van der Waals surface area contributed by atoms with Crippen molar-refractivity contribution in [1.82, 2.24) is 0 Å². The van der Waals surface area contributed by atoms with E-state index in [9.17, 15) is 9.90 Å². The molecule has 0 aromatic heterocycles. The van der Waals surface area contributed by atoms with Gasteiger partial charge in [0.2, 0.25) is 0 Å². The van der Waals surface area contributed by atoms with E-state index < -0.39 is 0 Å². The molecule has 1 heterocycles. The fraction of sp³-hybridized carbons (Fsp3) is 0.208. The first-order chi connectivity index (χ1) is 13.8. The molecule has 0 fully saturated rings. The van der Waals surface area contributed by atoms with Crippen LogP contribution in [-0.2, 0) is 17.8 Å². The van der Waals surface area contributed by atoms with E-state index in [2.05, 4.69) is 24.3 Å². The van der Waals surface area contributed by atoms with Crippen LogP contribution in [0.15, 0.2) is 66.7 Å². The zero-order chi connectivity index (χ0) is 19.1. The Balaban J connectivity index is 1.38. The Morgan fingerprint density at radius 3 is 2.32 bits per heavy atom. The fourth-order valence-electron chi connectivity index (χ4n) is 4.52. The van der Waals surface area contributed by atoms with Crippen molar-refractivity contribution in [2.45, 2.75) is 18.9 Å². The van der Waals surface area contributed by atoms with Crippen LogP contribution in [0.3, 0.4) is 0 Å². The van der Waals surface area contributed by atoms with Crippen molar-refractivity contribution in [1.29, 1.82) is 0 Å². The first-order valence-corrected chi connectivity index (χ1v) is 9.62. The van der Waals surface area contributed by atoms with Crippen molar-refractivity contribution in [2.75, 3.05) is 18.1 Å². The summed E-state index contributed by atoms with van der Waals surface area (Å²) in [6.07, 6.45) is 0.423. The van der Waals surface area contributed by atoms with Gasteiger partial charge in [-0.15, -0.1) is 0 Å². The van der Waals surface area contributed by atoms with Crippen LogP contribution in [0.25, 0.3) is 11.1 Å². The number of ether oxygens (including phenoxy) is 1. The molecule has 0 atom stereocenters. The van der Waals surface area contributed by atoms with E-state index in [1.807, 2.05) is 42.5 Å². The molecule has 28 heavy (non-hydrogen) atoms. The predicted octanol–water partition coefficient (Wildman–Crippen LogP) is 4.49. The Morgan fingerprint density at radius 1 is 0.964 bits per heavy atom. The van der Waals surface area contributed by atoms with Gasteiger partial charge in [0.1, 0.15) is 6.61 Å². The van der Waals surface area contributed by atoms with E-state index in [0.717, 1.165) is 23.2 Å². The Hall–Kier alpha value is -3.11. The number of anilines is 1. The minimum atomic E-state index is -0.323.